The summed E-state index contributed by atoms with van der Waals surface area (Å²) in [6.07, 6.45) is 0.0594. The summed E-state index contributed by atoms with van der Waals surface area (Å²) >= 11 is 0. The standard InChI is InChI=1S/C11H23NO5/c1-12(5-8-17-10-9-15-2)4-7-16-6-3-11(13)14/h3-10H2,1-2H3,(H,13,14). The van der Waals surface area contributed by atoms with Crippen molar-refractivity contribution >= 4 is 5.97 Å². The molecule has 0 bridgehead atoms. The molecule has 0 atom stereocenters. The highest BCUT2D eigenvalue weighted by molar-refractivity contribution is 5.66. The molecule has 0 amide bonds. The van der Waals surface area contributed by atoms with E-state index < -0.39 is 5.97 Å². The van der Waals surface area contributed by atoms with Crippen molar-refractivity contribution in [3.8, 4) is 0 Å². The molecule has 0 aliphatic rings. The van der Waals surface area contributed by atoms with Crippen LogP contribution in [0.1, 0.15) is 6.42 Å². The fourth-order valence-corrected chi connectivity index (χ4v) is 1.06. The molecule has 1 N–H and O–H groups in total. The minimum absolute atomic E-state index is 0.0594. The minimum Gasteiger partial charge on any atom is -0.481 e. The first-order valence-corrected chi connectivity index (χ1v) is 5.71. The smallest absolute Gasteiger partial charge is 0.305 e. The number of carbonyl (C=O) groups is 1. The Bertz CT molecular complexity index is 189. The van der Waals surface area contributed by atoms with Crippen molar-refractivity contribution in [2.45, 2.75) is 6.42 Å². The lowest BCUT2D eigenvalue weighted by molar-refractivity contribution is -0.138. The zero-order valence-electron chi connectivity index (χ0n) is 10.7. The maximum absolute atomic E-state index is 10.2. The molecule has 0 unspecified atom stereocenters. The molecule has 0 fully saturated rings. The van der Waals surface area contributed by atoms with Gasteiger partial charge in [0.2, 0.25) is 0 Å². The molecule has 6 heteroatoms. The van der Waals surface area contributed by atoms with Crippen LogP contribution in [0.3, 0.4) is 0 Å². The fourth-order valence-electron chi connectivity index (χ4n) is 1.06. The molecule has 0 spiro atoms. The van der Waals surface area contributed by atoms with E-state index >= 15 is 0 Å². The average molecular weight is 249 g/mol. The summed E-state index contributed by atoms with van der Waals surface area (Å²) in [5.74, 6) is -0.829. The topological polar surface area (TPSA) is 68.2 Å². The number of aliphatic carboxylic acids is 1. The van der Waals surface area contributed by atoms with Gasteiger partial charge in [0.25, 0.3) is 0 Å². The molecular weight excluding hydrogens is 226 g/mol. The number of methoxy groups -OCH3 is 1. The first-order chi connectivity index (χ1) is 8.16. The number of ether oxygens (including phenoxy) is 3. The minimum atomic E-state index is -0.829. The summed E-state index contributed by atoms with van der Waals surface area (Å²) in [4.78, 5) is 12.3. The van der Waals surface area contributed by atoms with Crippen molar-refractivity contribution in [2.24, 2.45) is 0 Å². The van der Waals surface area contributed by atoms with Crippen LogP contribution in [0.4, 0.5) is 0 Å². The zero-order valence-corrected chi connectivity index (χ0v) is 10.7. The van der Waals surface area contributed by atoms with Crippen LogP contribution in [-0.4, -0.2) is 76.3 Å². The van der Waals surface area contributed by atoms with Gasteiger partial charge in [-0.25, -0.2) is 0 Å². The van der Waals surface area contributed by atoms with E-state index in [0.717, 1.165) is 13.1 Å². The summed E-state index contributed by atoms with van der Waals surface area (Å²) in [6, 6.07) is 0. The third-order valence-electron chi connectivity index (χ3n) is 2.13. The number of rotatable bonds is 12. The molecule has 0 aliphatic carbocycles. The summed E-state index contributed by atoms with van der Waals surface area (Å²) in [7, 11) is 3.62. The molecule has 0 heterocycles. The molecular formula is C11H23NO5. The van der Waals surface area contributed by atoms with Gasteiger partial charge < -0.3 is 24.2 Å². The summed E-state index contributed by atoms with van der Waals surface area (Å²) in [5, 5.41) is 8.39. The van der Waals surface area contributed by atoms with E-state index in [9.17, 15) is 4.79 Å². The molecule has 0 aromatic rings. The number of carboxylic acids is 1. The summed E-state index contributed by atoms with van der Waals surface area (Å²) in [6.45, 7) is 4.30. The second kappa shape index (κ2) is 11.8. The number of likely N-dealkylation sites (N-methyl/N-ethyl adjacent to an activating group) is 1. The van der Waals surface area contributed by atoms with Crippen LogP contribution in [0.5, 0.6) is 0 Å². The monoisotopic (exact) mass is 249 g/mol. The number of nitrogens with zero attached hydrogens (tertiary/aromatic N) is 1. The van der Waals surface area contributed by atoms with Crippen LogP contribution in [0.25, 0.3) is 0 Å². The van der Waals surface area contributed by atoms with Gasteiger partial charge in [0.1, 0.15) is 0 Å². The second-order valence-electron chi connectivity index (χ2n) is 3.66. The molecule has 102 valence electrons. The molecule has 0 rings (SSSR count). The van der Waals surface area contributed by atoms with Crippen molar-refractivity contribution in [3.63, 3.8) is 0 Å². The maximum Gasteiger partial charge on any atom is 0.305 e. The van der Waals surface area contributed by atoms with E-state index in [2.05, 4.69) is 4.90 Å². The van der Waals surface area contributed by atoms with E-state index in [-0.39, 0.29) is 13.0 Å². The Morgan fingerprint density at radius 2 is 1.65 bits per heavy atom. The highest BCUT2D eigenvalue weighted by atomic mass is 16.5. The van der Waals surface area contributed by atoms with Crippen molar-refractivity contribution in [1.82, 2.24) is 4.90 Å². The molecule has 6 nitrogen and oxygen atoms in total. The van der Waals surface area contributed by atoms with Crippen LogP contribution in [-0.2, 0) is 19.0 Å². The lowest BCUT2D eigenvalue weighted by Gasteiger charge is -2.16. The van der Waals surface area contributed by atoms with Crippen LogP contribution in [0.15, 0.2) is 0 Å². The average Bonchev–Trinajstić information content (AvgIpc) is 2.28. The summed E-state index contributed by atoms with van der Waals surface area (Å²) in [5.41, 5.74) is 0. The summed E-state index contributed by atoms with van der Waals surface area (Å²) < 4.78 is 15.3. The fraction of sp³-hybridized carbons (Fsp3) is 0.909. The Morgan fingerprint density at radius 3 is 2.18 bits per heavy atom. The normalized spacial score (nSPS) is 11.0. The molecule has 0 aliphatic heterocycles. The molecule has 0 saturated heterocycles. The Labute approximate surface area is 102 Å². The predicted molar refractivity (Wildman–Crippen MR) is 63.3 cm³/mol. The van der Waals surface area contributed by atoms with E-state index in [1.807, 2.05) is 7.05 Å². The van der Waals surface area contributed by atoms with Crippen molar-refractivity contribution in [2.75, 3.05) is 60.3 Å². The quantitative estimate of drug-likeness (QED) is 0.494. The third-order valence-corrected chi connectivity index (χ3v) is 2.13. The SMILES string of the molecule is COCCOCCN(C)CCOCCC(=O)O. The molecule has 0 saturated carbocycles. The first kappa shape index (κ1) is 16.3. The largest absolute Gasteiger partial charge is 0.481 e. The molecule has 17 heavy (non-hydrogen) atoms. The molecule has 0 aromatic carbocycles. The van der Waals surface area contributed by atoms with Gasteiger partial charge in [0.15, 0.2) is 0 Å². The zero-order chi connectivity index (χ0) is 12.9. The van der Waals surface area contributed by atoms with Gasteiger partial charge in [-0.1, -0.05) is 0 Å². The maximum atomic E-state index is 10.2. The van der Waals surface area contributed by atoms with Crippen LogP contribution in [0, 0.1) is 0 Å². The van der Waals surface area contributed by atoms with E-state index in [1.165, 1.54) is 0 Å². The van der Waals surface area contributed by atoms with E-state index in [1.54, 1.807) is 7.11 Å². The van der Waals surface area contributed by atoms with Crippen LogP contribution >= 0.6 is 0 Å². The Kier molecular flexibility index (Phi) is 11.3. The van der Waals surface area contributed by atoms with Crippen LogP contribution in [0.2, 0.25) is 0 Å². The number of hydrogen-bond acceptors (Lipinski definition) is 5. The number of carboxylic acid groups (broad SMARTS) is 1. The van der Waals surface area contributed by atoms with Crippen molar-refractivity contribution in [3.05, 3.63) is 0 Å². The Balaban J connectivity index is 3.17. The van der Waals surface area contributed by atoms with E-state index in [4.69, 9.17) is 19.3 Å². The molecule has 0 aromatic heterocycles. The van der Waals surface area contributed by atoms with Gasteiger partial charge in [-0.15, -0.1) is 0 Å². The van der Waals surface area contributed by atoms with Gasteiger partial charge >= 0.3 is 5.97 Å². The Morgan fingerprint density at radius 1 is 1.06 bits per heavy atom. The Hall–Kier alpha value is -0.690. The van der Waals surface area contributed by atoms with Crippen molar-refractivity contribution < 1.29 is 24.1 Å². The van der Waals surface area contributed by atoms with Gasteiger partial charge in [0, 0.05) is 20.2 Å². The number of hydrogen-bond donors (Lipinski definition) is 1. The van der Waals surface area contributed by atoms with Crippen molar-refractivity contribution in [1.29, 1.82) is 0 Å². The van der Waals surface area contributed by atoms with Gasteiger partial charge in [0.05, 0.1) is 39.5 Å². The lowest BCUT2D eigenvalue weighted by Crippen LogP contribution is -2.27. The predicted octanol–water partition coefficient (Wildman–Crippen LogP) is 0.0725. The second-order valence-corrected chi connectivity index (χ2v) is 3.66. The van der Waals surface area contributed by atoms with Gasteiger partial charge in [-0.3, -0.25) is 4.79 Å². The third kappa shape index (κ3) is 13.2. The highest BCUT2D eigenvalue weighted by Gasteiger charge is 2.00. The highest BCUT2D eigenvalue weighted by Crippen LogP contribution is 1.87. The van der Waals surface area contributed by atoms with E-state index in [0.29, 0.717) is 26.4 Å². The van der Waals surface area contributed by atoms with Gasteiger partial charge in [-0.2, -0.15) is 0 Å². The van der Waals surface area contributed by atoms with Gasteiger partial charge in [-0.05, 0) is 7.05 Å². The lowest BCUT2D eigenvalue weighted by atomic mass is 10.5. The first-order valence-electron chi connectivity index (χ1n) is 5.71. The molecule has 0 radical (unpaired) electrons. The van der Waals surface area contributed by atoms with Crippen LogP contribution < -0.4 is 0 Å².